The second kappa shape index (κ2) is 9.12. The predicted molar refractivity (Wildman–Crippen MR) is 115 cm³/mol. The molecule has 2 unspecified atom stereocenters. The lowest BCUT2D eigenvalue weighted by Gasteiger charge is -2.27. The van der Waals surface area contributed by atoms with Crippen LogP contribution in [0.25, 0.3) is 0 Å². The summed E-state index contributed by atoms with van der Waals surface area (Å²) in [5.41, 5.74) is 3.00. The molecule has 7 nitrogen and oxygen atoms in total. The van der Waals surface area contributed by atoms with Gasteiger partial charge in [0.1, 0.15) is 11.6 Å². The summed E-state index contributed by atoms with van der Waals surface area (Å²) in [5, 5.41) is 11.9. The Morgan fingerprint density at radius 2 is 2.17 bits per heavy atom. The van der Waals surface area contributed by atoms with Gasteiger partial charge in [0.15, 0.2) is 6.19 Å². The summed E-state index contributed by atoms with van der Waals surface area (Å²) in [6.45, 7) is 7.53. The number of pyridine rings is 2. The van der Waals surface area contributed by atoms with Gasteiger partial charge in [-0.2, -0.15) is 5.26 Å². The molecule has 0 aromatic carbocycles. The quantitative estimate of drug-likeness (QED) is 0.764. The number of aromatic nitrogens is 2. The summed E-state index contributed by atoms with van der Waals surface area (Å²) in [5.74, 6) is 1.54. The Balaban J connectivity index is 0.00000124. The summed E-state index contributed by atoms with van der Waals surface area (Å²) < 4.78 is 5.26. The lowest BCUT2D eigenvalue weighted by molar-refractivity contribution is -0.115. The molecule has 2 fully saturated rings. The van der Waals surface area contributed by atoms with Crippen LogP contribution in [-0.2, 0) is 16.6 Å². The fourth-order valence-electron chi connectivity index (χ4n) is 4.14. The maximum absolute atomic E-state index is 12.3. The van der Waals surface area contributed by atoms with Crippen LogP contribution in [-0.4, -0.2) is 41.0 Å². The number of anilines is 1. The SMILES string of the molecule is CC.COc1cc(NC(=O)Cc2ccc(C34CCN(C#N)CC3C4)nc2)ncc1C. The van der Waals surface area contributed by atoms with Crippen molar-refractivity contribution in [2.45, 2.75) is 45.4 Å². The molecule has 2 aromatic heterocycles. The van der Waals surface area contributed by atoms with Crippen LogP contribution in [0.15, 0.2) is 30.6 Å². The van der Waals surface area contributed by atoms with Crippen molar-refractivity contribution in [3.05, 3.63) is 47.4 Å². The molecule has 1 amide bonds. The first-order valence-electron chi connectivity index (χ1n) is 10.4. The molecule has 4 rings (SSSR count). The van der Waals surface area contributed by atoms with Gasteiger partial charge in [-0.1, -0.05) is 19.9 Å². The number of carbonyl (C=O) groups excluding carboxylic acids is 1. The standard InChI is InChI=1S/C21H23N5O2.C2H6/c1-14-10-24-19(8-17(14)28-2)25-20(27)7-15-3-4-18(23-11-15)21-5-6-26(13-22)12-16(21)9-21;1-2/h3-4,8,10-11,16H,5-7,9,12H2,1-2H3,(H,24,25,27);1-2H3. The zero-order chi connectivity index (χ0) is 21.7. The normalized spacial score (nSPS) is 21.4. The Bertz CT molecular complexity index is 938. The van der Waals surface area contributed by atoms with E-state index in [4.69, 9.17) is 10.00 Å². The number of amides is 1. The fraction of sp³-hybridized carbons (Fsp3) is 0.478. The number of methoxy groups -OCH3 is 1. The van der Waals surface area contributed by atoms with E-state index in [2.05, 4.69) is 21.5 Å². The molecule has 3 heterocycles. The molecule has 1 aliphatic heterocycles. The smallest absolute Gasteiger partial charge is 0.230 e. The fourth-order valence-corrected chi connectivity index (χ4v) is 4.14. The van der Waals surface area contributed by atoms with E-state index in [1.54, 1.807) is 25.6 Å². The lowest BCUT2D eigenvalue weighted by Crippen LogP contribution is -2.33. The number of carbonyl (C=O) groups is 1. The second-order valence-corrected chi connectivity index (χ2v) is 7.67. The van der Waals surface area contributed by atoms with Crippen molar-refractivity contribution >= 4 is 11.7 Å². The minimum absolute atomic E-state index is 0.135. The number of nitrogens with one attached hydrogen (secondary N) is 1. The van der Waals surface area contributed by atoms with Gasteiger partial charge < -0.3 is 15.0 Å². The van der Waals surface area contributed by atoms with Gasteiger partial charge in [0.2, 0.25) is 5.91 Å². The molecule has 1 aliphatic carbocycles. The van der Waals surface area contributed by atoms with Crippen molar-refractivity contribution in [3.8, 4) is 11.9 Å². The average Bonchev–Trinajstić information content (AvgIpc) is 3.51. The molecular formula is C23H29N5O2. The van der Waals surface area contributed by atoms with Crippen molar-refractivity contribution in [3.63, 3.8) is 0 Å². The highest BCUT2D eigenvalue weighted by Gasteiger charge is 2.58. The summed E-state index contributed by atoms with van der Waals surface area (Å²) in [6.07, 6.45) is 8.02. The Morgan fingerprint density at radius 3 is 2.80 bits per heavy atom. The van der Waals surface area contributed by atoms with E-state index in [9.17, 15) is 4.79 Å². The molecule has 0 radical (unpaired) electrons. The number of piperidine rings is 1. The third-order valence-corrected chi connectivity index (χ3v) is 5.88. The second-order valence-electron chi connectivity index (χ2n) is 7.67. The molecule has 2 aliphatic rings. The van der Waals surface area contributed by atoms with E-state index in [0.29, 0.717) is 17.5 Å². The molecule has 1 saturated heterocycles. The largest absolute Gasteiger partial charge is 0.496 e. The number of likely N-dealkylation sites (tertiary alicyclic amines) is 1. The van der Waals surface area contributed by atoms with Gasteiger partial charge in [-0.05, 0) is 37.3 Å². The van der Waals surface area contributed by atoms with E-state index >= 15 is 0 Å². The summed E-state index contributed by atoms with van der Waals surface area (Å²) in [6, 6.07) is 5.73. The average molecular weight is 408 g/mol. The monoisotopic (exact) mass is 407 g/mol. The lowest BCUT2D eigenvalue weighted by atomic mass is 9.91. The first-order chi connectivity index (χ1) is 14.5. The van der Waals surface area contributed by atoms with Gasteiger partial charge in [-0.15, -0.1) is 0 Å². The molecule has 0 spiro atoms. The minimum atomic E-state index is -0.141. The number of fused-ring (bicyclic) bond motifs is 1. The molecule has 0 bridgehead atoms. The maximum Gasteiger partial charge on any atom is 0.230 e. The number of hydrogen-bond donors (Lipinski definition) is 1. The minimum Gasteiger partial charge on any atom is -0.496 e. The van der Waals surface area contributed by atoms with Crippen molar-refractivity contribution in [2.24, 2.45) is 5.92 Å². The van der Waals surface area contributed by atoms with Crippen LogP contribution in [0.4, 0.5) is 5.82 Å². The molecule has 30 heavy (non-hydrogen) atoms. The van der Waals surface area contributed by atoms with Gasteiger partial charge in [0.05, 0.1) is 13.5 Å². The van der Waals surface area contributed by atoms with Gasteiger partial charge in [-0.25, -0.2) is 4.98 Å². The van der Waals surface area contributed by atoms with Crippen molar-refractivity contribution < 1.29 is 9.53 Å². The molecule has 1 N–H and O–H groups in total. The highest BCUT2D eigenvalue weighted by atomic mass is 16.5. The molecule has 2 atom stereocenters. The maximum atomic E-state index is 12.3. The van der Waals surface area contributed by atoms with Crippen molar-refractivity contribution in [1.29, 1.82) is 5.26 Å². The molecule has 2 aromatic rings. The van der Waals surface area contributed by atoms with Gasteiger partial charge in [0, 0.05) is 48.2 Å². The highest BCUT2D eigenvalue weighted by molar-refractivity contribution is 5.91. The van der Waals surface area contributed by atoms with E-state index < -0.39 is 0 Å². The van der Waals surface area contributed by atoms with Gasteiger partial charge in [0.25, 0.3) is 0 Å². The topological polar surface area (TPSA) is 91.1 Å². The van der Waals surface area contributed by atoms with E-state index in [1.807, 2.05) is 37.8 Å². The van der Waals surface area contributed by atoms with Gasteiger partial charge in [-0.3, -0.25) is 9.78 Å². The number of nitrogens with zero attached hydrogens (tertiary/aromatic N) is 4. The Kier molecular flexibility index (Phi) is 6.56. The number of rotatable bonds is 5. The van der Waals surface area contributed by atoms with Gasteiger partial charge >= 0.3 is 0 Å². The van der Waals surface area contributed by atoms with Crippen LogP contribution in [0.1, 0.15) is 43.5 Å². The van der Waals surface area contributed by atoms with Crippen LogP contribution >= 0.6 is 0 Å². The van der Waals surface area contributed by atoms with Crippen LogP contribution < -0.4 is 10.1 Å². The van der Waals surface area contributed by atoms with Crippen molar-refractivity contribution in [1.82, 2.24) is 14.9 Å². The Hall–Kier alpha value is -3.14. The number of ether oxygens (including phenoxy) is 1. The highest BCUT2D eigenvalue weighted by Crippen LogP contribution is 2.58. The Morgan fingerprint density at radius 1 is 1.37 bits per heavy atom. The first kappa shape index (κ1) is 21.6. The molecule has 1 saturated carbocycles. The first-order valence-corrected chi connectivity index (χ1v) is 10.4. The number of hydrogen-bond acceptors (Lipinski definition) is 6. The number of nitriles is 1. The molecule has 7 heteroatoms. The zero-order valence-electron chi connectivity index (χ0n) is 18.1. The van der Waals surface area contributed by atoms with Crippen molar-refractivity contribution in [2.75, 3.05) is 25.5 Å². The molecular weight excluding hydrogens is 378 g/mol. The summed E-state index contributed by atoms with van der Waals surface area (Å²) in [7, 11) is 1.59. The third-order valence-electron chi connectivity index (χ3n) is 5.88. The summed E-state index contributed by atoms with van der Waals surface area (Å²) >= 11 is 0. The summed E-state index contributed by atoms with van der Waals surface area (Å²) in [4.78, 5) is 23.0. The Labute approximate surface area is 178 Å². The van der Waals surface area contributed by atoms with E-state index in [-0.39, 0.29) is 17.7 Å². The van der Waals surface area contributed by atoms with E-state index in [1.165, 1.54) is 0 Å². The van der Waals surface area contributed by atoms with E-state index in [0.717, 1.165) is 42.8 Å². The molecule has 158 valence electrons. The van der Waals surface area contributed by atoms with Crippen LogP contribution in [0.2, 0.25) is 0 Å². The van der Waals surface area contributed by atoms with Crippen LogP contribution in [0.3, 0.4) is 0 Å². The van der Waals surface area contributed by atoms with Crippen LogP contribution in [0.5, 0.6) is 5.75 Å². The third kappa shape index (κ3) is 4.38. The zero-order valence-corrected chi connectivity index (χ0v) is 18.1. The van der Waals surface area contributed by atoms with Crippen LogP contribution in [0, 0.1) is 24.3 Å². The number of aryl methyl sites for hydroxylation is 1. The predicted octanol–water partition coefficient (Wildman–Crippen LogP) is 3.45.